The van der Waals surface area contributed by atoms with E-state index in [0.717, 1.165) is 12.1 Å². The van der Waals surface area contributed by atoms with Crippen molar-refractivity contribution in [1.82, 2.24) is 9.78 Å². The van der Waals surface area contributed by atoms with Crippen LogP contribution in [-0.4, -0.2) is 9.78 Å². The van der Waals surface area contributed by atoms with E-state index in [1.165, 1.54) is 0 Å². The third-order valence-electron chi connectivity index (χ3n) is 1.84. The van der Waals surface area contributed by atoms with Crippen molar-refractivity contribution in [3.05, 3.63) is 21.6 Å². The van der Waals surface area contributed by atoms with Gasteiger partial charge in [0, 0.05) is 19.3 Å². The Morgan fingerprint density at radius 3 is 2.64 bits per heavy atom. The van der Waals surface area contributed by atoms with Gasteiger partial charge in [-0.1, -0.05) is 6.92 Å². The van der Waals surface area contributed by atoms with E-state index < -0.39 is 0 Å². The predicted molar refractivity (Wildman–Crippen MR) is 43.3 cm³/mol. The maximum absolute atomic E-state index is 11.1. The average Bonchev–Trinajstić information content (AvgIpc) is 2.24. The number of aromatic nitrogens is 2. The van der Waals surface area contributed by atoms with Crippen LogP contribution in [0.5, 0.6) is 0 Å². The molecule has 1 aromatic heterocycles. The Morgan fingerprint density at radius 1 is 1.64 bits per heavy atom. The third kappa shape index (κ3) is 1.21. The minimum absolute atomic E-state index is 0.0631. The van der Waals surface area contributed by atoms with E-state index >= 15 is 0 Å². The molecule has 4 nitrogen and oxygen atoms in total. The van der Waals surface area contributed by atoms with Crippen LogP contribution in [-0.2, 0) is 20.0 Å². The highest BCUT2D eigenvalue weighted by Gasteiger charge is 2.07. The molecular weight excluding hydrogens is 142 g/mol. The van der Waals surface area contributed by atoms with Gasteiger partial charge in [0.1, 0.15) is 0 Å². The molecule has 0 unspecified atom stereocenters. The number of H-pyrrole nitrogens is 1. The van der Waals surface area contributed by atoms with E-state index in [1.807, 2.05) is 14.0 Å². The van der Waals surface area contributed by atoms with E-state index in [4.69, 9.17) is 5.73 Å². The maximum atomic E-state index is 11.1. The first kappa shape index (κ1) is 8.07. The molecule has 11 heavy (non-hydrogen) atoms. The molecule has 1 heterocycles. The second kappa shape index (κ2) is 2.92. The monoisotopic (exact) mass is 155 g/mol. The first-order valence-corrected chi connectivity index (χ1v) is 3.67. The summed E-state index contributed by atoms with van der Waals surface area (Å²) in [6.07, 6.45) is 0.835. The lowest BCUT2D eigenvalue weighted by Gasteiger charge is -1.98. The number of nitrogens with zero attached hydrogens (tertiary/aromatic N) is 1. The molecule has 0 saturated carbocycles. The quantitative estimate of drug-likeness (QED) is 0.617. The molecule has 1 rings (SSSR count). The van der Waals surface area contributed by atoms with Gasteiger partial charge in [0.25, 0.3) is 5.56 Å². The van der Waals surface area contributed by atoms with Gasteiger partial charge in [-0.05, 0) is 6.42 Å². The molecule has 0 aliphatic heterocycles. The van der Waals surface area contributed by atoms with Crippen molar-refractivity contribution >= 4 is 0 Å². The standard InChI is InChI=1S/C7H13N3O/c1-3-6-5(4-8)7(11)9-10(6)2/h3-4,8H2,1-2H3,(H,9,11). The van der Waals surface area contributed by atoms with Gasteiger partial charge in [0.15, 0.2) is 0 Å². The second-order valence-electron chi connectivity index (χ2n) is 2.48. The maximum Gasteiger partial charge on any atom is 0.268 e. The first-order chi connectivity index (χ1) is 5.20. The predicted octanol–water partition coefficient (Wildman–Crippen LogP) is -0.265. The van der Waals surface area contributed by atoms with Crippen molar-refractivity contribution < 1.29 is 0 Å². The Balaban J connectivity index is 3.29. The van der Waals surface area contributed by atoms with Crippen LogP contribution in [0.25, 0.3) is 0 Å². The number of nitrogens with two attached hydrogens (primary N) is 1. The Kier molecular flexibility index (Phi) is 2.14. The van der Waals surface area contributed by atoms with Crippen LogP contribution in [0.2, 0.25) is 0 Å². The minimum atomic E-state index is -0.0631. The summed E-state index contributed by atoms with van der Waals surface area (Å²) in [7, 11) is 1.82. The fourth-order valence-corrected chi connectivity index (χ4v) is 1.28. The molecule has 0 aliphatic rings. The minimum Gasteiger partial charge on any atom is -0.326 e. The molecule has 0 aliphatic carbocycles. The molecule has 0 bridgehead atoms. The Labute approximate surface area is 65.0 Å². The zero-order valence-electron chi connectivity index (χ0n) is 6.85. The first-order valence-electron chi connectivity index (χ1n) is 3.67. The zero-order chi connectivity index (χ0) is 8.43. The second-order valence-corrected chi connectivity index (χ2v) is 2.48. The summed E-state index contributed by atoms with van der Waals surface area (Å²) in [5, 5.41) is 2.66. The molecule has 0 spiro atoms. The normalized spacial score (nSPS) is 10.5. The zero-order valence-corrected chi connectivity index (χ0v) is 6.85. The highest BCUT2D eigenvalue weighted by molar-refractivity contribution is 5.17. The molecule has 0 amide bonds. The molecule has 0 saturated heterocycles. The number of rotatable bonds is 2. The Morgan fingerprint density at radius 2 is 2.27 bits per heavy atom. The summed E-state index contributed by atoms with van der Waals surface area (Å²) in [6.45, 7) is 2.32. The van der Waals surface area contributed by atoms with E-state index in [2.05, 4.69) is 5.10 Å². The summed E-state index contributed by atoms with van der Waals surface area (Å²) in [5.74, 6) is 0. The van der Waals surface area contributed by atoms with Crippen LogP contribution >= 0.6 is 0 Å². The molecule has 4 heteroatoms. The molecular formula is C7H13N3O. The topological polar surface area (TPSA) is 63.8 Å². The van der Waals surface area contributed by atoms with Gasteiger partial charge < -0.3 is 5.73 Å². The van der Waals surface area contributed by atoms with Crippen molar-refractivity contribution in [3.8, 4) is 0 Å². The fraction of sp³-hybridized carbons (Fsp3) is 0.571. The van der Waals surface area contributed by atoms with Crippen molar-refractivity contribution in [2.45, 2.75) is 19.9 Å². The third-order valence-corrected chi connectivity index (χ3v) is 1.84. The summed E-state index contributed by atoms with van der Waals surface area (Å²) in [6, 6.07) is 0. The van der Waals surface area contributed by atoms with Gasteiger partial charge in [-0.15, -0.1) is 0 Å². The lowest BCUT2D eigenvalue weighted by atomic mass is 10.2. The molecule has 0 radical (unpaired) electrons. The average molecular weight is 155 g/mol. The lowest BCUT2D eigenvalue weighted by Crippen LogP contribution is -2.11. The highest BCUT2D eigenvalue weighted by atomic mass is 16.1. The van der Waals surface area contributed by atoms with Gasteiger partial charge in [-0.2, -0.15) is 0 Å². The molecule has 3 N–H and O–H groups in total. The van der Waals surface area contributed by atoms with Crippen LogP contribution in [0.3, 0.4) is 0 Å². The Hall–Kier alpha value is -1.03. The van der Waals surface area contributed by atoms with Crippen LogP contribution in [0.1, 0.15) is 18.2 Å². The van der Waals surface area contributed by atoms with Gasteiger partial charge in [-0.25, -0.2) is 0 Å². The smallest absolute Gasteiger partial charge is 0.268 e. The molecule has 0 fully saturated rings. The van der Waals surface area contributed by atoms with E-state index in [0.29, 0.717) is 12.1 Å². The van der Waals surface area contributed by atoms with Crippen LogP contribution in [0.15, 0.2) is 4.79 Å². The number of nitrogens with one attached hydrogen (secondary N) is 1. The molecule has 0 aromatic carbocycles. The summed E-state index contributed by atoms with van der Waals surface area (Å²) in [4.78, 5) is 11.1. The van der Waals surface area contributed by atoms with Crippen LogP contribution in [0, 0.1) is 0 Å². The van der Waals surface area contributed by atoms with E-state index in [1.54, 1.807) is 4.68 Å². The van der Waals surface area contributed by atoms with Gasteiger partial charge >= 0.3 is 0 Å². The van der Waals surface area contributed by atoms with Gasteiger partial charge in [0.2, 0.25) is 0 Å². The van der Waals surface area contributed by atoms with Crippen molar-refractivity contribution in [2.24, 2.45) is 12.8 Å². The summed E-state index contributed by atoms with van der Waals surface area (Å²) < 4.78 is 1.73. The van der Waals surface area contributed by atoms with Crippen molar-refractivity contribution in [1.29, 1.82) is 0 Å². The molecule has 0 atom stereocenters. The lowest BCUT2D eigenvalue weighted by molar-refractivity contribution is 0.708. The highest BCUT2D eigenvalue weighted by Crippen LogP contribution is 2.01. The fourth-order valence-electron chi connectivity index (χ4n) is 1.28. The largest absolute Gasteiger partial charge is 0.326 e. The van der Waals surface area contributed by atoms with Gasteiger partial charge in [0.05, 0.1) is 5.56 Å². The number of hydrogen-bond donors (Lipinski definition) is 2. The van der Waals surface area contributed by atoms with Crippen LogP contribution < -0.4 is 11.3 Å². The van der Waals surface area contributed by atoms with Crippen LogP contribution in [0.4, 0.5) is 0 Å². The van der Waals surface area contributed by atoms with E-state index in [9.17, 15) is 4.79 Å². The number of hydrogen-bond acceptors (Lipinski definition) is 2. The SMILES string of the molecule is CCc1c(CN)c(=O)[nH]n1C. The number of aryl methyl sites for hydroxylation is 1. The van der Waals surface area contributed by atoms with Crippen molar-refractivity contribution in [2.75, 3.05) is 0 Å². The molecule has 1 aromatic rings. The number of aromatic amines is 1. The summed E-state index contributed by atoms with van der Waals surface area (Å²) in [5.41, 5.74) is 7.05. The van der Waals surface area contributed by atoms with E-state index in [-0.39, 0.29) is 5.56 Å². The van der Waals surface area contributed by atoms with Crippen molar-refractivity contribution in [3.63, 3.8) is 0 Å². The summed E-state index contributed by atoms with van der Waals surface area (Å²) >= 11 is 0. The van der Waals surface area contributed by atoms with Gasteiger partial charge in [-0.3, -0.25) is 14.6 Å². The Bertz CT molecular complexity index is 297. The molecule has 62 valence electrons.